The molecule has 21 heavy (non-hydrogen) atoms. The molecule has 1 saturated carbocycles. The fourth-order valence-electron chi connectivity index (χ4n) is 2.42. The Labute approximate surface area is 131 Å². The number of anilines is 1. The van der Waals surface area contributed by atoms with Crippen LogP contribution in [-0.4, -0.2) is 41.4 Å². The fourth-order valence-corrected chi connectivity index (χ4v) is 2.60. The molecule has 1 aliphatic carbocycles. The molecule has 6 heteroatoms. The van der Waals surface area contributed by atoms with Gasteiger partial charge < -0.3 is 10.2 Å². The second-order valence-corrected chi connectivity index (χ2v) is 6.70. The van der Waals surface area contributed by atoms with Gasteiger partial charge >= 0.3 is 0 Å². The van der Waals surface area contributed by atoms with Gasteiger partial charge in [0.2, 0.25) is 0 Å². The second kappa shape index (κ2) is 7.27. The van der Waals surface area contributed by atoms with Gasteiger partial charge in [0.15, 0.2) is 0 Å². The van der Waals surface area contributed by atoms with Crippen molar-refractivity contribution in [3.8, 4) is 0 Å². The van der Waals surface area contributed by atoms with Crippen LogP contribution in [0.1, 0.15) is 32.6 Å². The molecule has 1 unspecified atom stereocenters. The van der Waals surface area contributed by atoms with E-state index in [0.717, 1.165) is 13.0 Å². The molecule has 1 atom stereocenters. The van der Waals surface area contributed by atoms with Crippen molar-refractivity contribution >= 4 is 17.3 Å². The lowest BCUT2D eigenvalue weighted by Gasteiger charge is -2.25. The van der Waals surface area contributed by atoms with Crippen molar-refractivity contribution in [1.29, 1.82) is 0 Å². The summed E-state index contributed by atoms with van der Waals surface area (Å²) in [4.78, 5) is 14.6. The first-order valence-electron chi connectivity index (χ1n) is 7.64. The first kappa shape index (κ1) is 16.3. The third-order valence-electron chi connectivity index (χ3n) is 4.05. The van der Waals surface area contributed by atoms with Gasteiger partial charge in [-0.3, -0.25) is 4.79 Å². The first-order chi connectivity index (χ1) is 9.97. The van der Waals surface area contributed by atoms with Crippen molar-refractivity contribution in [2.24, 2.45) is 5.92 Å². The molecule has 0 aliphatic heterocycles. The van der Waals surface area contributed by atoms with E-state index < -0.39 is 0 Å². The van der Waals surface area contributed by atoms with E-state index in [1.54, 1.807) is 10.9 Å². The Morgan fingerprint density at radius 3 is 2.81 bits per heavy atom. The molecule has 0 spiro atoms. The number of nitrogens with zero attached hydrogens (tertiary/aromatic N) is 3. The lowest BCUT2D eigenvalue weighted by Crippen LogP contribution is -2.33. The van der Waals surface area contributed by atoms with Gasteiger partial charge in [-0.05, 0) is 52.7 Å². The summed E-state index contributed by atoms with van der Waals surface area (Å²) in [7, 11) is 4.08. The maximum atomic E-state index is 12.5. The summed E-state index contributed by atoms with van der Waals surface area (Å²) in [5.74, 6) is 0.593. The number of aromatic nitrogens is 2. The fraction of sp³-hybridized carbons (Fsp3) is 0.733. The molecule has 0 saturated heterocycles. The molecule has 0 amide bonds. The third-order valence-corrected chi connectivity index (χ3v) is 4.34. The molecule has 5 nitrogen and oxygen atoms in total. The van der Waals surface area contributed by atoms with Gasteiger partial charge in [0.25, 0.3) is 5.56 Å². The summed E-state index contributed by atoms with van der Waals surface area (Å²) < 4.78 is 1.55. The van der Waals surface area contributed by atoms with Crippen LogP contribution in [0.2, 0.25) is 5.02 Å². The highest BCUT2D eigenvalue weighted by Crippen LogP contribution is 2.27. The maximum Gasteiger partial charge on any atom is 0.291 e. The van der Waals surface area contributed by atoms with Crippen LogP contribution in [0.4, 0.5) is 5.69 Å². The molecule has 1 N–H and O–H groups in total. The molecule has 0 bridgehead atoms. The zero-order valence-corrected chi connectivity index (χ0v) is 13.9. The molecule has 2 rings (SSSR count). The minimum atomic E-state index is -0.105. The van der Waals surface area contributed by atoms with Crippen molar-refractivity contribution < 1.29 is 0 Å². The summed E-state index contributed by atoms with van der Waals surface area (Å²) in [6.45, 7) is 3.74. The van der Waals surface area contributed by atoms with Gasteiger partial charge in [-0.25, -0.2) is 4.68 Å². The lowest BCUT2D eigenvalue weighted by atomic mass is 9.85. The average molecular weight is 313 g/mol. The molecule has 1 aliphatic rings. The third kappa shape index (κ3) is 4.45. The predicted molar refractivity (Wildman–Crippen MR) is 87.1 cm³/mol. The van der Waals surface area contributed by atoms with Crippen LogP contribution in [0, 0.1) is 5.92 Å². The largest absolute Gasteiger partial charge is 0.377 e. The zero-order chi connectivity index (χ0) is 15.4. The Bertz CT molecular complexity index is 525. The van der Waals surface area contributed by atoms with Gasteiger partial charge in [-0.2, -0.15) is 5.10 Å². The van der Waals surface area contributed by atoms with E-state index in [9.17, 15) is 4.79 Å². The summed E-state index contributed by atoms with van der Waals surface area (Å²) in [6, 6.07) is 0.192. The van der Waals surface area contributed by atoms with Crippen molar-refractivity contribution in [1.82, 2.24) is 14.7 Å². The number of rotatable bonds is 7. The normalized spacial score (nSPS) is 16.8. The molecular weight excluding hydrogens is 288 g/mol. The number of hydrogen-bond acceptors (Lipinski definition) is 4. The SMILES string of the molecule is CC(CCN(C)C)Nc1c(Cl)cnn(CC2CCC2)c1=O. The second-order valence-electron chi connectivity index (χ2n) is 6.29. The smallest absolute Gasteiger partial charge is 0.291 e. The highest BCUT2D eigenvalue weighted by atomic mass is 35.5. The predicted octanol–water partition coefficient (Wildman–Crippen LogP) is 2.45. The molecule has 1 aromatic heterocycles. The molecule has 0 aromatic carbocycles. The molecule has 1 aromatic rings. The average Bonchev–Trinajstić information content (AvgIpc) is 2.38. The minimum absolute atomic E-state index is 0.105. The van der Waals surface area contributed by atoms with Crippen molar-refractivity contribution in [2.75, 3.05) is 26.0 Å². The Balaban J connectivity index is 2.06. The van der Waals surface area contributed by atoms with E-state index in [1.165, 1.54) is 19.3 Å². The monoisotopic (exact) mass is 312 g/mol. The van der Waals surface area contributed by atoms with Gasteiger partial charge in [0, 0.05) is 12.6 Å². The van der Waals surface area contributed by atoms with Crippen molar-refractivity contribution in [2.45, 2.75) is 45.2 Å². The Morgan fingerprint density at radius 1 is 1.52 bits per heavy atom. The molecular formula is C15H25ClN4O. The van der Waals surface area contributed by atoms with Gasteiger partial charge in [0.05, 0.1) is 11.2 Å². The van der Waals surface area contributed by atoms with Crippen LogP contribution in [0.5, 0.6) is 0 Å². The summed E-state index contributed by atoms with van der Waals surface area (Å²) in [5, 5.41) is 7.82. The van der Waals surface area contributed by atoms with Gasteiger partial charge in [-0.15, -0.1) is 0 Å². The van der Waals surface area contributed by atoms with E-state index >= 15 is 0 Å². The molecule has 118 valence electrons. The Kier molecular flexibility index (Phi) is 5.65. The lowest BCUT2D eigenvalue weighted by molar-refractivity contribution is 0.262. The van der Waals surface area contributed by atoms with E-state index in [0.29, 0.717) is 23.2 Å². The maximum absolute atomic E-state index is 12.5. The number of nitrogens with one attached hydrogen (secondary N) is 1. The first-order valence-corrected chi connectivity index (χ1v) is 8.02. The molecule has 0 radical (unpaired) electrons. The quantitative estimate of drug-likeness (QED) is 0.840. The van der Waals surface area contributed by atoms with E-state index in [1.807, 2.05) is 14.1 Å². The standard InChI is InChI=1S/C15H25ClN4O/c1-11(7-8-19(2)3)18-14-13(16)9-17-20(15(14)21)10-12-5-4-6-12/h9,11-12,18H,4-8,10H2,1-3H3. The van der Waals surface area contributed by atoms with E-state index in [-0.39, 0.29) is 11.6 Å². The summed E-state index contributed by atoms with van der Waals surface area (Å²) in [6.07, 6.45) is 6.17. The molecule has 1 heterocycles. The highest BCUT2D eigenvalue weighted by molar-refractivity contribution is 6.33. The minimum Gasteiger partial charge on any atom is -0.377 e. The van der Waals surface area contributed by atoms with Gasteiger partial charge in [-0.1, -0.05) is 18.0 Å². The van der Waals surface area contributed by atoms with E-state index in [2.05, 4.69) is 22.2 Å². The topological polar surface area (TPSA) is 50.2 Å². The van der Waals surface area contributed by atoms with Crippen LogP contribution in [0.15, 0.2) is 11.0 Å². The van der Waals surface area contributed by atoms with Crippen molar-refractivity contribution in [3.63, 3.8) is 0 Å². The van der Waals surface area contributed by atoms with Crippen LogP contribution in [0.3, 0.4) is 0 Å². The highest BCUT2D eigenvalue weighted by Gasteiger charge is 2.20. The number of hydrogen-bond donors (Lipinski definition) is 1. The van der Waals surface area contributed by atoms with Crippen molar-refractivity contribution in [3.05, 3.63) is 21.6 Å². The summed E-state index contributed by atoms with van der Waals surface area (Å²) in [5.41, 5.74) is 0.378. The van der Waals surface area contributed by atoms with Crippen LogP contribution >= 0.6 is 11.6 Å². The summed E-state index contributed by atoms with van der Waals surface area (Å²) >= 11 is 6.14. The zero-order valence-electron chi connectivity index (χ0n) is 13.1. The van der Waals surface area contributed by atoms with Gasteiger partial charge in [0.1, 0.15) is 5.69 Å². The van der Waals surface area contributed by atoms with Crippen LogP contribution in [0.25, 0.3) is 0 Å². The number of halogens is 1. The van der Waals surface area contributed by atoms with Crippen LogP contribution in [-0.2, 0) is 6.54 Å². The molecule has 1 fully saturated rings. The Hall–Kier alpha value is -1.07. The van der Waals surface area contributed by atoms with Crippen LogP contribution < -0.4 is 10.9 Å². The van der Waals surface area contributed by atoms with E-state index in [4.69, 9.17) is 11.6 Å². The Morgan fingerprint density at radius 2 is 2.24 bits per heavy atom.